The number of carbonyl (C=O) groups excluding carboxylic acids is 1. The molecule has 0 saturated carbocycles. The fraction of sp³-hybridized carbons (Fsp3) is 0.348. The molecule has 0 amide bonds. The molecule has 31 heavy (non-hydrogen) atoms. The highest BCUT2D eigenvalue weighted by Gasteiger charge is 2.23. The Morgan fingerprint density at radius 2 is 2.03 bits per heavy atom. The molecule has 1 aromatic heterocycles. The lowest BCUT2D eigenvalue weighted by atomic mass is 9.91. The van der Waals surface area contributed by atoms with Gasteiger partial charge >= 0.3 is 0 Å². The largest absolute Gasteiger partial charge is 0.493 e. The number of hydrogen-bond donors (Lipinski definition) is 1. The van der Waals surface area contributed by atoms with Gasteiger partial charge in [-0.3, -0.25) is 4.79 Å². The monoisotopic (exact) mass is 417 g/mol. The molecule has 1 aliphatic rings. The van der Waals surface area contributed by atoms with Crippen molar-refractivity contribution in [1.82, 2.24) is 20.2 Å². The van der Waals surface area contributed by atoms with Gasteiger partial charge in [-0.05, 0) is 34.4 Å². The summed E-state index contributed by atoms with van der Waals surface area (Å²) in [4.78, 5) is 17.6. The second-order valence-electron chi connectivity index (χ2n) is 7.61. The zero-order valence-corrected chi connectivity index (χ0v) is 17.1. The fourth-order valence-corrected chi connectivity index (χ4v) is 3.77. The van der Waals surface area contributed by atoms with Gasteiger partial charge < -0.3 is 9.84 Å². The van der Waals surface area contributed by atoms with Gasteiger partial charge in [0.25, 0.3) is 0 Å². The SMILES string of the molecule is [C-]#[N+]c1ccc(CC(=O)C[C@@H](Cc2ccc3c(c2)CCO3)c2nnn(CCO)n2)cc1. The summed E-state index contributed by atoms with van der Waals surface area (Å²) in [5.74, 6) is 1.28. The van der Waals surface area contributed by atoms with Gasteiger partial charge in [0.1, 0.15) is 11.5 Å². The summed E-state index contributed by atoms with van der Waals surface area (Å²) in [6, 6.07) is 13.2. The third kappa shape index (κ3) is 5.13. The van der Waals surface area contributed by atoms with Crippen LogP contribution in [0.25, 0.3) is 4.85 Å². The van der Waals surface area contributed by atoms with E-state index in [4.69, 9.17) is 16.4 Å². The molecule has 1 N–H and O–H groups in total. The summed E-state index contributed by atoms with van der Waals surface area (Å²) in [6.07, 6.45) is 2.07. The van der Waals surface area contributed by atoms with E-state index >= 15 is 0 Å². The van der Waals surface area contributed by atoms with E-state index in [0.717, 1.165) is 23.3 Å². The molecule has 2 aromatic carbocycles. The number of rotatable bonds is 9. The number of tetrazole rings is 1. The van der Waals surface area contributed by atoms with Crippen LogP contribution in [0.4, 0.5) is 5.69 Å². The van der Waals surface area contributed by atoms with E-state index in [2.05, 4.69) is 26.3 Å². The number of ether oxygens (including phenoxy) is 1. The van der Waals surface area contributed by atoms with Gasteiger partial charge in [0, 0.05) is 25.2 Å². The van der Waals surface area contributed by atoms with Crippen molar-refractivity contribution in [3.05, 3.63) is 76.4 Å². The van der Waals surface area contributed by atoms with E-state index in [9.17, 15) is 4.79 Å². The summed E-state index contributed by atoms with van der Waals surface area (Å²) in [7, 11) is 0. The van der Waals surface area contributed by atoms with E-state index in [-0.39, 0.29) is 37.7 Å². The van der Waals surface area contributed by atoms with Crippen LogP contribution in [-0.4, -0.2) is 44.3 Å². The molecule has 8 heteroatoms. The molecule has 0 aliphatic carbocycles. The Kier molecular flexibility index (Phi) is 6.34. The summed E-state index contributed by atoms with van der Waals surface area (Å²) in [5, 5.41) is 21.6. The summed E-state index contributed by atoms with van der Waals surface area (Å²) >= 11 is 0. The Bertz CT molecular complexity index is 1100. The Hall–Kier alpha value is -3.57. The molecule has 3 aromatic rings. The molecule has 158 valence electrons. The molecule has 8 nitrogen and oxygen atoms in total. The second kappa shape index (κ2) is 9.49. The standard InChI is InChI=1S/C23H23N5O3/c1-24-20-5-2-16(3-6-20)14-21(30)15-19(23-25-27-28(26-23)9-10-29)13-17-4-7-22-18(12-17)8-11-31-22/h2-7,12,19,29H,8-11,13-15H2/t19-/m1/s1. The van der Waals surface area contributed by atoms with Gasteiger partial charge in [-0.15, -0.1) is 10.2 Å². The van der Waals surface area contributed by atoms with Crippen LogP contribution in [0.5, 0.6) is 5.75 Å². The zero-order valence-electron chi connectivity index (χ0n) is 17.1. The van der Waals surface area contributed by atoms with Gasteiger partial charge in [-0.2, -0.15) is 4.80 Å². The highest BCUT2D eigenvalue weighted by molar-refractivity contribution is 5.81. The zero-order chi connectivity index (χ0) is 21.6. The highest BCUT2D eigenvalue weighted by atomic mass is 16.5. The predicted molar refractivity (Wildman–Crippen MR) is 113 cm³/mol. The number of aliphatic hydroxyl groups excluding tert-OH is 1. The number of aliphatic hydroxyl groups is 1. The molecule has 0 radical (unpaired) electrons. The normalized spacial score (nSPS) is 13.3. The number of benzene rings is 2. The maximum absolute atomic E-state index is 12.9. The average Bonchev–Trinajstić information content (AvgIpc) is 3.43. The van der Waals surface area contributed by atoms with Crippen LogP contribution >= 0.6 is 0 Å². The first-order valence-electron chi connectivity index (χ1n) is 10.3. The number of fused-ring (bicyclic) bond motifs is 1. The van der Waals surface area contributed by atoms with Crippen LogP contribution in [0.1, 0.15) is 34.9 Å². The molecule has 0 spiro atoms. The highest BCUT2D eigenvalue weighted by Crippen LogP contribution is 2.29. The number of aromatic nitrogens is 4. The average molecular weight is 417 g/mol. The van der Waals surface area contributed by atoms with E-state index in [1.807, 2.05) is 24.3 Å². The molecule has 4 rings (SSSR count). The van der Waals surface area contributed by atoms with Crippen LogP contribution in [0.2, 0.25) is 0 Å². The van der Waals surface area contributed by atoms with Crippen LogP contribution < -0.4 is 4.74 Å². The Balaban J connectivity index is 1.51. The van der Waals surface area contributed by atoms with Gasteiger partial charge in [-0.1, -0.05) is 36.4 Å². The van der Waals surface area contributed by atoms with Crippen molar-refractivity contribution in [1.29, 1.82) is 0 Å². The molecule has 0 fully saturated rings. The van der Waals surface area contributed by atoms with Gasteiger partial charge in [-0.25, -0.2) is 4.85 Å². The van der Waals surface area contributed by atoms with Crippen LogP contribution in [0, 0.1) is 6.57 Å². The molecule has 0 saturated heterocycles. The lowest BCUT2D eigenvalue weighted by molar-refractivity contribution is -0.118. The third-order valence-electron chi connectivity index (χ3n) is 5.31. The van der Waals surface area contributed by atoms with Crippen molar-refractivity contribution in [3.8, 4) is 5.75 Å². The summed E-state index contributed by atoms with van der Waals surface area (Å²) in [5.41, 5.74) is 3.71. The second-order valence-corrected chi connectivity index (χ2v) is 7.61. The first kappa shape index (κ1) is 20.7. The van der Waals surface area contributed by atoms with Crippen LogP contribution in [-0.2, 0) is 30.6 Å². The molecule has 2 heterocycles. The maximum Gasteiger partial charge on any atom is 0.187 e. The first-order valence-corrected chi connectivity index (χ1v) is 10.3. The molecule has 0 bridgehead atoms. The molecule has 0 unspecified atom stereocenters. The lowest BCUT2D eigenvalue weighted by Gasteiger charge is -2.14. The van der Waals surface area contributed by atoms with Gasteiger partial charge in [0.05, 0.1) is 26.3 Å². The molecule has 1 aliphatic heterocycles. The number of carbonyl (C=O) groups is 1. The Labute approximate surface area is 180 Å². The molecular weight excluding hydrogens is 394 g/mol. The first-order chi connectivity index (χ1) is 15.1. The topological polar surface area (TPSA) is 94.5 Å². The van der Waals surface area contributed by atoms with E-state index in [0.29, 0.717) is 24.5 Å². The number of hydrogen-bond acceptors (Lipinski definition) is 6. The van der Waals surface area contributed by atoms with Crippen LogP contribution in [0.3, 0.4) is 0 Å². The smallest absolute Gasteiger partial charge is 0.187 e. The predicted octanol–water partition coefficient (Wildman–Crippen LogP) is 2.68. The minimum Gasteiger partial charge on any atom is -0.493 e. The van der Waals surface area contributed by atoms with Crippen molar-refractivity contribution in [2.24, 2.45) is 0 Å². The Morgan fingerprint density at radius 3 is 2.81 bits per heavy atom. The van der Waals surface area contributed by atoms with Crippen LogP contribution in [0.15, 0.2) is 42.5 Å². The van der Waals surface area contributed by atoms with Crippen molar-refractivity contribution in [3.63, 3.8) is 0 Å². The number of nitrogens with zero attached hydrogens (tertiary/aromatic N) is 5. The number of Topliss-reactive ketones (excluding diaryl/α,β-unsaturated/α-hetero) is 1. The Morgan fingerprint density at radius 1 is 1.23 bits per heavy atom. The summed E-state index contributed by atoms with van der Waals surface area (Å²) in [6.45, 7) is 7.92. The minimum atomic E-state index is -0.220. The van der Waals surface area contributed by atoms with E-state index in [1.165, 1.54) is 10.4 Å². The molecular formula is C23H23N5O3. The van der Waals surface area contributed by atoms with Crippen molar-refractivity contribution in [2.45, 2.75) is 38.1 Å². The van der Waals surface area contributed by atoms with Crippen molar-refractivity contribution < 1.29 is 14.6 Å². The number of ketones is 1. The van der Waals surface area contributed by atoms with Gasteiger partial charge in [0.15, 0.2) is 11.5 Å². The van der Waals surface area contributed by atoms with Crippen molar-refractivity contribution in [2.75, 3.05) is 13.2 Å². The van der Waals surface area contributed by atoms with Crippen molar-refractivity contribution >= 4 is 11.5 Å². The molecule has 1 atom stereocenters. The van der Waals surface area contributed by atoms with Gasteiger partial charge in [0.2, 0.25) is 0 Å². The van der Waals surface area contributed by atoms with E-state index < -0.39 is 0 Å². The van der Waals surface area contributed by atoms with E-state index in [1.54, 1.807) is 12.1 Å². The minimum absolute atomic E-state index is 0.0727. The third-order valence-corrected chi connectivity index (χ3v) is 5.31. The fourth-order valence-electron chi connectivity index (χ4n) is 3.77. The summed E-state index contributed by atoms with van der Waals surface area (Å²) < 4.78 is 5.59. The maximum atomic E-state index is 12.9. The quantitative estimate of drug-likeness (QED) is 0.538. The lowest BCUT2D eigenvalue weighted by Crippen LogP contribution is -2.14.